The van der Waals surface area contributed by atoms with Gasteiger partial charge in [0.2, 0.25) is 4.87 Å². The van der Waals surface area contributed by atoms with E-state index in [0.29, 0.717) is 0 Å². The van der Waals surface area contributed by atoms with Gasteiger partial charge in [-0.1, -0.05) is 11.6 Å². The molecule has 0 unspecified atom stereocenters. The third-order valence-corrected chi connectivity index (χ3v) is 2.68. The van der Waals surface area contributed by atoms with Crippen molar-refractivity contribution in [3.8, 4) is 0 Å². The smallest absolute Gasteiger partial charge is 0.339 e. The molecule has 1 saturated heterocycles. The fourth-order valence-electron chi connectivity index (χ4n) is 1.18. The maximum absolute atomic E-state index is 11.3. The summed E-state index contributed by atoms with van der Waals surface area (Å²) in [6, 6.07) is 0. The van der Waals surface area contributed by atoms with Gasteiger partial charge >= 0.3 is 11.9 Å². The van der Waals surface area contributed by atoms with Gasteiger partial charge in [0, 0.05) is 6.42 Å². The van der Waals surface area contributed by atoms with E-state index in [1.165, 1.54) is 0 Å². The number of hydrogen-bond acceptors (Lipinski definition) is 4. The second-order valence-corrected chi connectivity index (χ2v) is 3.86. The Labute approximate surface area is 91.4 Å². The highest BCUT2D eigenvalue weighted by Gasteiger charge is 2.54. The zero-order chi connectivity index (χ0) is 10.8. The highest BCUT2D eigenvalue weighted by molar-refractivity contribution is 6.45. The summed E-state index contributed by atoms with van der Waals surface area (Å²) in [5.74, 6) is -1.41. The number of esters is 2. The van der Waals surface area contributed by atoms with Crippen LogP contribution >= 0.6 is 23.2 Å². The van der Waals surface area contributed by atoms with E-state index >= 15 is 0 Å². The Balaban J connectivity index is 2.74. The summed E-state index contributed by atoms with van der Waals surface area (Å²) in [5, 5.41) is 0. The Kier molecular flexibility index (Phi) is 3.61. The van der Waals surface area contributed by atoms with Crippen LogP contribution in [0.25, 0.3) is 0 Å². The lowest BCUT2D eigenvalue weighted by Gasteiger charge is -2.13. The molecule has 0 radical (unpaired) electrons. The second-order valence-electron chi connectivity index (χ2n) is 2.91. The number of halogens is 2. The number of ether oxygens (including phenoxy) is 2. The van der Waals surface area contributed by atoms with Crippen molar-refractivity contribution in [2.45, 2.75) is 24.3 Å². The van der Waals surface area contributed by atoms with Gasteiger partial charge in [-0.15, -0.1) is 11.6 Å². The lowest BCUT2D eigenvalue weighted by molar-refractivity contribution is -0.154. The highest BCUT2D eigenvalue weighted by Crippen LogP contribution is 2.33. The summed E-state index contributed by atoms with van der Waals surface area (Å²) >= 11 is 11.3. The van der Waals surface area contributed by atoms with Crippen LogP contribution in [0.2, 0.25) is 0 Å². The maximum atomic E-state index is 11.3. The number of alkyl halides is 2. The van der Waals surface area contributed by atoms with Crippen LogP contribution in [0.5, 0.6) is 0 Å². The van der Waals surface area contributed by atoms with Gasteiger partial charge in [-0.3, -0.25) is 0 Å². The van der Waals surface area contributed by atoms with E-state index in [-0.39, 0.29) is 18.9 Å². The second kappa shape index (κ2) is 4.36. The molecule has 0 aromatic rings. The van der Waals surface area contributed by atoms with Gasteiger partial charge in [0.05, 0.1) is 12.5 Å². The minimum atomic E-state index is -1.70. The van der Waals surface area contributed by atoms with Gasteiger partial charge in [-0.25, -0.2) is 9.59 Å². The predicted octanol–water partition coefficient (Wildman–Crippen LogP) is 1.08. The molecule has 1 heterocycles. The van der Waals surface area contributed by atoms with Crippen molar-refractivity contribution in [2.24, 2.45) is 0 Å². The molecule has 1 aliphatic heterocycles. The Morgan fingerprint density at radius 3 is 2.86 bits per heavy atom. The highest BCUT2D eigenvalue weighted by atomic mass is 35.5. The number of cyclic esters (lactones) is 1. The van der Waals surface area contributed by atoms with E-state index in [1.807, 2.05) is 0 Å². The van der Waals surface area contributed by atoms with Crippen molar-refractivity contribution in [3.05, 3.63) is 0 Å². The molecule has 14 heavy (non-hydrogen) atoms. The van der Waals surface area contributed by atoms with Gasteiger partial charge in [0.1, 0.15) is 6.10 Å². The van der Waals surface area contributed by atoms with Crippen molar-refractivity contribution in [2.75, 3.05) is 12.5 Å². The normalized spacial score (nSPS) is 31.4. The topological polar surface area (TPSA) is 52.6 Å². The molecule has 6 heteroatoms. The summed E-state index contributed by atoms with van der Waals surface area (Å²) in [4.78, 5) is 20.9. The van der Waals surface area contributed by atoms with E-state index in [0.717, 1.165) is 0 Å². The molecule has 0 N–H and O–H groups in total. The fraction of sp³-hybridized carbons (Fsp3) is 0.750. The number of carbonyl (C=O) groups is 2. The van der Waals surface area contributed by atoms with Gasteiger partial charge in [-0.2, -0.15) is 0 Å². The van der Waals surface area contributed by atoms with E-state index < -0.39 is 22.9 Å². The minimum absolute atomic E-state index is 0.0652. The van der Waals surface area contributed by atoms with Crippen molar-refractivity contribution >= 4 is 35.1 Å². The number of rotatable bonds is 3. The zero-order valence-corrected chi connectivity index (χ0v) is 9.10. The van der Waals surface area contributed by atoms with E-state index in [1.54, 1.807) is 6.92 Å². The molecule has 0 aromatic carbocycles. The first kappa shape index (κ1) is 11.6. The first-order chi connectivity index (χ1) is 6.54. The van der Waals surface area contributed by atoms with E-state index in [9.17, 15) is 9.59 Å². The van der Waals surface area contributed by atoms with Crippen molar-refractivity contribution in [1.82, 2.24) is 0 Å². The molecule has 1 aliphatic rings. The number of hydrogen-bond donors (Lipinski definition) is 0. The maximum Gasteiger partial charge on any atom is 0.339 e. The predicted molar refractivity (Wildman–Crippen MR) is 50.4 cm³/mol. The van der Waals surface area contributed by atoms with E-state index in [2.05, 4.69) is 4.74 Å². The van der Waals surface area contributed by atoms with Crippen LogP contribution in [-0.4, -0.2) is 35.4 Å². The van der Waals surface area contributed by atoms with Crippen molar-refractivity contribution in [1.29, 1.82) is 0 Å². The summed E-state index contributed by atoms with van der Waals surface area (Å²) < 4.78 is 9.47. The largest absolute Gasteiger partial charge is 0.464 e. The zero-order valence-electron chi connectivity index (χ0n) is 7.59. The first-order valence-corrected chi connectivity index (χ1v) is 5.09. The third kappa shape index (κ3) is 1.96. The monoisotopic (exact) mass is 240 g/mol. The van der Waals surface area contributed by atoms with Crippen LogP contribution in [0, 0.1) is 0 Å². The summed E-state index contributed by atoms with van der Waals surface area (Å²) in [7, 11) is 0. The van der Waals surface area contributed by atoms with Gasteiger partial charge < -0.3 is 9.47 Å². The SMILES string of the molecule is CCOC(=O)[C@@]1(Cl)C[C@@H](CCl)OC1=O. The molecule has 80 valence electrons. The molecule has 0 aliphatic carbocycles. The molecule has 0 spiro atoms. The van der Waals surface area contributed by atoms with Crippen LogP contribution in [0.1, 0.15) is 13.3 Å². The average molecular weight is 241 g/mol. The lowest BCUT2D eigenvalue weighted by atomic mass is 10.1. The molecule has 2 atom stereocenters. The molecule has 0 aromatic heterocycles. The Hall–Kier alpha value is -0.480. The summed E-state index contributed by atoms with van der Waals surface area (Å²) in [5.41, 5.74) is 0. The molecule has 0 amide bonds. The van der Waals surface area contributed by atoms with Gasteiger partial charge in [0.25, 0.3) is 0 Å². The van der Waals surface area contributed by atoms with Gasteiger partial charge in [-0.05, 0) is 6.92 Å². The first-order valence-electron chi connectivity index (χ1n) is 4.17. The standard InChI is InChI=1S/C8H10Cl2O4/c1-2-13-6(11)8(10)3-5(4-9)14-7(8)12/h5H,2-4H2,1H3/t5-,8-/m0/s1. The average Bonchev–Trinajstić information content (AvgIpc) is 2.44. The van der Waals surface area contributed by atoms with Crippen molar-refractivity contribution < 1.29 is 19.1 Å². The molecule has 0 saturated carbocycles. The third-order valence-electron chi connectivity index (χ3n) is 1.88. The summed E-state index contributed by atoms with van der Waals surface area (Å²) in [6.07, 6.45) is -0.443. The molecule has 1 rings (SSSR count). The Bertz CT molecular complexity index is 256. The molecular formula is C8H10Cl2O4. The number of carbonyl (C=O) groups excluding carboxylic acids is 2. The molecule has 0 bridgehead atoms. The Morgan fingerprint density at radius 2 is 2.43 bits per heavy atom. The van der Waals surface area contributed by atoms with Crippen molar-refractivity contribution in [3.63, 3.8) is 0 Å². The lowest BCUT2D eigenvalue weighted by Crippen LogP contribution is -2.39. The van der Waals surface area contributed by atoms with Gasteiger partial charge in [0.15, 0.2) is 0 Å². The van der Waals surface area contributed by atoms with E-state index in [4.69, 9.17) is 27.9 Å². The Morgan fingerprint density at radius 1 is 1.79 bits per heavy atom. The molecule has 1 fully saturated rings. The summed E-state index contributed by atoms with van der Waals surface area (Å²) in [6.45, 7) is 1.81. The van der Waals surface area contributed by atoms with Crippen LogP contribution in [0.3, 0.4) is 0 Å². The van der Waals surface area contributed by atoms with Crippen LogP contribution in [0.15, 0.2) is 0 Å². The molecular weight excluding hydrogens is 231 g/mol. The minimum Gasteiger partial charge on any atom is -0.464 e. The fourth-order valence-corrected chi connectivity index (χ4v) is 1.63. The van der Waals surface area contributed by atoms with Crippen LogP contribution in [-0.2, 0) is 19.1 Å². The van der Waals surface area contributed by atoms with Crippen LogP contribution in [0.4, 0.5) is 0 Å². The molecule has 4 nitrogen and oxygen atoms in total. The quantitative estimate of drug-likeness (QED) is 0.421. The van der Waals surface area contributed by atoms with Crippen LogP contribution < -0.4 is 0 Å².